The lowest BCUT2D eigenvalue weighted by Gasteiger charge is -2.32. The van der Waals surface area contributed by atoms with Crippen LogP contribution in [0.3, 0.4) is 0 Å². The fourth-order valence-corrected chi connectivity index (χ4v) is 4.74. The van der Waals surface area contributed by atoms with Gasteiger partial charge in [0.1, 0.15) is 5.82 Å². The van der Waals surface area contributed by atoms with Crippen molar-refractivity contribution in [3.05, 3.63) is 47.0 Å². The van der Waals surface area contributed by atoms with Crippen molar-refractivity contribution in [3.63, 3.8) is 0 Å². The maximum absolute atomic E-state index is 13.0. The zero-order chi connectivity index (χ0) is 20.5. The van der Waals surface area contributed by atoms with Gasteiger partial charge < -0.3 is 9.47 Å². The summed E-state index contributed by atoms with van der Waals surface area (Å²) in [6.07, 6.45) is 3.43. The topological polar surface area (TPSA) is 56.0 Å². The van der Waals surface area contributed by atoms with E-state index in [9.17, 15) is 4.79 Å². The molecule has 1 atom stereocenters. The van der Waals surface area contributed by atoms with E-state index in [2.05, 4.69) is 48.8 Å². The number of fused-ring (bicyclic) bond motifs is 1. The second-order valence-corrected chi connectivity index (χ2v) is 8.16. The first-order valence-electron chi connectivity index (χ1n) is 10.7. The molecule has 1 fully saturated rings. The molecule has 6 heteroatoms. The second kappa shape index (κ2) is 8.01. The van der Waals surface area contributed by atoms with E-state index >= 15 is 0 Å². The number of aromatic nitrogens is 4. The average Bonchev–Trinajstić information content (AvgIpc) is 3.22. The van der Waals surface area contributed by atoms with Gasteiger partial charge in [-0.1, -0.05) is 12.1 Å². The molecule has 154 valence electrons. The molecule has 1 amide bonds. The van der Waals surface area contributed by atoms with Crippen molar-refractivity contribution in [1.82, 2.24) is 24.2 Å². The van der Waals surface area contributed by atoms with E-state index in [0.29, 0.717) is 12.3 Å². The van der Waals surface area contributed by atoms with Gasteiger partial charge in [-0.15, -0.1) is 0 Å². The summed E-state index contributed by atoms with van der Waals surface area (Å²) in [5, 5.41) is 4.58. The quantitative estimate of drug-likeness (QED) is 0.663. The summed E-state index contributed by atoms with van der Waals surface area (Å²) in [5.41, 5.74) is 5.66. The van der Waals surface area contributed by atoms with E-state index in [-0.39, 0.29) is 5.91 Å². The van der Waals surface area contributed by atoms with Crippen LogP contribution in [-0.4, -0.2) is 43.2 Å². The fraction of sp³-hybridized carbons (Fsp3) is 0.522. The lowest BCUT2D eigenvalue weighted by Crippen LogP contribution is -2.39. The van der Waals surface area contributed by atoms with Crippen LogP contribution in [0.15, 0.2) is 24.3 Å². The number of benzene rings is 1. The summed E-state index contributed by atoms with van der Waals surface area (Å²) < 4.78 is 4.22. The van der Waals surface area contributed by atoms with Gasteiger partial charge in [-0.05, 0) is 57.7 Å². The van der Waals surface area contributed by atoms with Crippen LogP contribution in [0.2, 0.25) is 0 Å². The van der Waals surface area contributed by atoms with Gasteiger partial charge in [-0.2, -0.15) is 5.10 Å². The minimum atomic E-state index is 0.247. The predicted molar refractivity (Wildman–Crippen MR) is 115 cm³/mol. The largest absolute Gasteiger partial charge is 0.342 e. The van der Waals surface area contributed by atoms with Crippen LogP contribution in [0.25, 0.3) is 11.0 Å². The fourth-order valence-electron chi connectivity index (χ4n) is 4.74. The van der Waals surface area contributed by atoms with Crippen molar-refractivity contribution in [2.45, 2.75) is 58.9 Å². The van der Waals surface area contributed by atoms with Crippen LogP contribution >= 0.6 is 0 Å². The van der Waals surface area contributed by atoms with Crippen molar-refractivity contribution in [2.24, 2.45) is 7.05 Å². The van der Waals surface area contributed by atoms with Crippen LogP contribution < -0.4 is 0 Å². The summed E-state index contributed by atoms with van der Waals surface area (Å²) in [4.78, 5) is 19.9. The molecule has 1 saturated heterocycles. The molecule has 1 aliphatic heterocycles. The van der Waals surface area contributed by atoms with Gasteiger partial charge in [-0.3, -0.25) is 9.48 Å². The molecule has 3 heterocycles. The number of para-hydroxylation sites is 2. The first-order valence-corrected chi connectivity index (χ1v) is 10.7. The molecular formula is C23H31N5O. The van der Waals surface area contributed by atoms with Gasteiger partial charge in [0.2, 0.25) is 5.91 Å². The number of imidazole rings is 1. The number of nitrogens with zero attached hydrogens (tertiary/aromatic N) is 5. The van der Waals surface area contributed by atoms with Crippen LogP contribution in [0.1, 0.15) is 54.9 Å². The normalized spacial score (nSPS) is 17.2. The van der Waals surface area contributed by atoms with E-state index in [4.69, 9.17) is 4.98 Å². The molecule has 29 heavy (non-hydrogen) atoms. The number of carbonyl (C=O) groups excluding carboxylic acids is 1. The number of rotatable bonds is 5. The van der Waals surface area contributed by atoms with E-state index < -0.39 is 0 Å². The number of aryl methyl sites for hydroxylation is 3. The summed E-state index contributed by atoms with van der Waals surface area (Å²) in [6, 6.07) is 8.25. The molecule has 2 aromatic heterocycles. The molecule has 0 saturated carbocycles. The lowest BCUT2D eigenvalue weighted by atomic mass is 9.96. The number of hydrogen-bond acceptors (Lipinski definition) is 3. The third kappa shape index (κ3) is 3.68. The van der Waals surface area contributed by atoms with Crippen LogP contribution in [0.5, 0.6) is 0 Å². The van der Waals surface area contributed by atoms with E-state index in [1.807, 2.05) is 22.6 Å². The average molecular weight is 394 g/mol. The molecule has 1 unspecified atom stereocenters. The highest BCUT2D eigenvalue weighted by Crippen LogP contribution is 2.29. The number of hydrogen-bond donors (Lipinski definition) is 0. The Morgan fingerprint density at radius 1 is 1.24 bits per heavy atom. The van der Waals surface area contributed by atoms with E-state index in [0.717, 1.165) is 61.4 Å². The molecule has 3 aromatic rings. The first kappa shape index (κ1) is 19.7. The molecule has 0 spiro atoms. The first-order chi connectivity index (χ1) is 14.0. The minimum Gasteiger partial charge on any atom is -0.342 e. The Bertz CT molecular complexity index is 1030. The Kier molecular flexibility index (Phi) is 5.43. The van der Waals surface area contributed by atoms with Crippen LogP contribution in [-0.2, 0) is 24.8 Å². The van der Waals surface area contributed by atoms with E-state index in [1.54, 1.807) is 0 Å². The number of likely N-dealkylation sites (tertiary alicyclic amines) is 1. The Balaban J connectivity index is 1.45. The van der Waals surface area contributed by atoms with Crippen molar-refractivity contribution in [2.75, 3.05) is 13.1 Å². The maximum Gasteiger partial charge on any atom is 0.222 e. The van der Waals surface area contributed by atoms with Gasteiger partial charge in [0.25, 0.3) is 0 Å². The van der Waals surface area contributed by atoms with Crippen molar-refractivity contribution in [3.8, 4) is 0 Å². The molecule has 6 nitrogen and oxygen atoms in total. The van der Waals surface area contributed by atoms with Gasteiger partial charge >= 0.3 is 0 Å². The highest BCUT2D eigenvalue weighted by Gasteiger charge is 2.28. The third-order valence-corrected chi connectivity index (χ3v) is 6.38. The Hall–Kier alpha value is -2.63. The van der Waals surface area contributed by atoms with Gasteiger partial charge in [0.05, 0.1) is 16.7 Å². The molecule has 4 rings (SSSR count). The predicted octanol–water partition coefficient (Wildman–Crippen LogP) is 3.75. The second-order valence-electron chi connectivity index (χ2n) is 8.16. The number of piperidine rings is 1. The summed E-state index contributed by atoms with van der Waals surface area (Å²) in [7, 11) is 2.09. The smallest absolute Gasteiger partial charge is 0.222 e. The van der Waals surface area contributed by atoms with E-state index in [1.165, 1.54) is 11.3 Å². The number of carbonyl (C=O) groups is 1. The summed E-state index contributed by atoms with van der Waals surface area (Å²) in [6.45, 7) is 8.73. The maximum atomic E-state index is 13.0. The van der Waals surface area contributed by atoms with Crippen molar-refractivity contribution in [1.29, 1.82) is 0 Å². The molecule has 0 bridgehead atoms. The molecule has 0 radical (unpaired) electrons. The highest BCUT2D eigenvalue weighted by atomic mass is 16.2. The highest BCUT2D eigenvalue weighted by molar-refractivity contribution is 5.77. The minimum absolute atomic E-state index is 0.247. The number of amides is 1. The van der Waals surface area contributed by atoms with Crippen molar-refractivity contribution < 1.29 is 4.79 Å². The molecular weight excluding hydrogens is 362 g/mol. The summed E-state index contributed by atoms with van der Waals surface area (Å²) >= 11 is 0. The Morgan fingerprint density at radius 3 is 2.76 bits per heavy atom. The van der Waals surface area contributed by atoms with Gasteiger partial charge in [0, 0.05) is 44.7 Å². The standard InChI is InChI=1S/C23H31N5O/c1-5-28-17(3)19(16(2)25-28)12-13-22(29)27-14-8-9-18(15-27)23-24-20-10-6-7-11-21(20)26(23)4/h6-7,10-11,18H,5,8-9,12-15H2,1-4H3. The molecule has 0 N–H and O–H groups in total. The zero-order valence-corrected chi connectivity index (χ0v) is 18.0. The third-order valence-electron chi connectivity index (χ3n) is 6.38. The van der Waals surface area contributed by atoms with Gasteiger partial charge in [-0.25, -0.2) is 4.98 Å². The zero-order valence-electron chi connectivity index (χ0n) is 18.0. The lowest BCUT2D eigenvalue weighted by molar-refractivity contribution is -0.132. The molecule has 1 aromatic carbocycles. The van der Waals surface area contributed by atoms with Gasteiger partial charge in [0.15, 0.2) is 0 Å². The monoisotopic (exact) mass is 393 g/mol. The Labute approximate surface area is 172 Å². The van der Waals surface area contributed by atoms with Crippen molar-refractivity contribution >= 4 is 16.9 Å². The summed E-state index contributed by atoms with van der Waals surface area (Å²) in [5.74, 6) is 1.65. The molecule has 1 aliphatic rings. The van der Waals surface area contributed by atoms with Crippen LogP contribution in [0.4, 0.5) is 0 Å². The molecule has 0 aliphatic carbocycles. The Morgan fingerprint density at radius 2 is 2.03 bits per heavy atom. The van der Waals surface area contributed by atoms with Crippen LogP contribution in [0, 0.1) is 13.8 Å². The SMILES string of the molecule is CCn1nc(C)c(CCC(=O)N2CCCC(c3nc4ccccc4n3C)C2)c1C.